The van der Waals surface area contributed by atoms with Gasteiger partial charge in [0, 0.05) is 37.0 Å². The summed E-state index contributed by atoms with van der Waals surface area (Å²) in [5, 5.41) is 6.46. The second kappa shape index (κ2) is 12.2. The molecule has 0 bridgehead atoms. The number of aromatic nitrogens is 2. The molecule has 192 valence electrons. The Balaban J connectivity index is 0.00000320. The van der Waals surface area contributed by atoms with Gasteiger partial charge in [-0.2, -0.15) is 0 Å². The van der Waals surface area contributed by atoms with Crippen LogP contribution in [-0.2, 0) is 17.6 Å². The highest BCUT2D eigenvalue weighted by molar-refractivity contribution is 5.85. The van der Waals surface area contributed by atoms with E-state index in [0.717, 1.165) is 34.6 Å². The molecule has 0 spiro atoms. The van der Waals surface area contributed by atoms with E-state index in [4.69, 9.17) is 9.72 Å². The summed E-state index contributed by atoms with van der Waals surface area (Å²) in [6, 6.07) is 19.9. The number of halogens is 3. The van der Waals surface area contributed by atoms with Gasteiger partial charge in [-0.3, -0.25) is 0 Å². The van der Waals surface area contributed by atoms with Crippen LogP contribution in [0.15, 0.2) is 72.9 Å². The number of anilines is 2. The van der Waals surface area contributed by atoms with Crippen LogP contribution in [0.1, 0.15) is 28.2 Å². The molecule has 5 nitrogen and oxygen atoms in total. The highest BCUT2D eigenvalue weighted by atomic mass is 35.5. The van der Waals surface area contributed by atoms with Crippen molar-refractivity contribution in [1.29, 1.82) is 0 Å². The number of hydrogen-bond acceptors (Lipinski definition) is 5. The standard InChI is InChI=1S/C29H28F2N4O.ClH/c1-36-15-14-32-13-12-19-16-21(10-11-26(19)30)34-29-33-18-20-17-25(23-7-4-5-9-27(23)31)22-6-2-3-8-24(22)28(20)35-29;/h2-11,16,18,25,32H,12-15,17H2,1H3,(H,33,34,35);1H/t25-;/m1./s1. The molecule has 37 heavy (non-hydrogen) atoms. The molecule has 0 radical (unpaired) electrons. The summed E-state index contributed by atoms with van der Waals surface area (Å²) in [5.74, 6) is -0.118. The van der Waals surface area contributed by atoms with Gasteiger partial charge in [0.15, 0.2) is 0 Å². The van der Waals surface area contributed by atoms with Crippen LogP contribution in [0.2, 0.25) is 0 Å². The van der Waals surface area contributed by atoms with E-state index in [1.807, 2.05) is 36.4 Å². The molecule has 1 heterocycles. The first kappa shape index (κ1) is 26.7. The van der Waals surface area contributed by atoms with Crippen molar-refractivity contribution in [2.75, 3.05) is 32.1 Å². The van der Waals surface area contributed by atoms with E-state index < -0.39 is 0 Å². The van der Waals surface area contributed by atoms with Crippen molar-refractivity contribution in [2.45, 2.75) is 18.8 Å². The lowest BCUT2D eigenvalue weighted by atomic mass is 9.78. The van der Waals surface area contributed by atoms with Crippen LogP contribution in [0.4, 0.5) is 20.4 Å². The number of benzene rings is 3. The van der Waals surface area contributed by atoms with Crippen molar-refractivity contribution in [3.8, 4) is 11.3 Å². The topological polar surface area (TPSA) is 59.1 Å². The molecule has 1 aromatic heterocycles. The Labute approximate surface area is 221 Å². The van der Waals surface area contributed by atoms with Crippen LogP contribution in [0.3, 0.4) is 0 Å². The second-order valence-electron chi connectivity index (χ2n) is 8.86. The van der Waals surface area contributed by atoms with Crippen LogP contribution in [0.5, 0.6) is 0 Å². The third-order valence-corrected chi connectivity index (χ3v) is 6.52. The van der Waals surface area contributed by atoms with Crippen LogP contribution in [0, 0.1) is 11.6 Å². The second-order valence-corrected chi connectivity index (χ2v) is 8.86. The minimum atomic E-state index is -0.242. The van der Waals surface area contributed by atoms with Crippen molar-refractivity contribution < 1.29 is 13.5 Å². The predicted octanol–water partition coefficient (Wildman–Crippen LogP) is 6.05. The van der Waals surface area contributed by atoms with Crippen molar-refractivity contribution in [3.63, 3.8) is 0 Å². The molecule has 1 aliphatic carbocycles. The maximum Gasteiger partial charge on any atom is 0.227 e. The van der Waals surface area contributed by atoms with Gasteiger partial charge in [0.2, 0.25) is 5.95 Å². The number of nitrogens with zero attached hydrogens (tertiary/aromatic N) is 2. The van der Waals surface area contributed by atoms with Crippen LogP contribution in [0.25, 0.3) is 11.3 Å². The zero-order valence-electron chi connectivity index (χ0n) is 20.5. The van der Waals surface area contributed by atoms with Crippen molar-refractivity contribution >= 4 is 24.0 Å². The van der Waals surface area contributed by atoms with Gasteiger partial charge in [0.1, 0.15) is 11.6 Å². The third-order valence-electron chi connectivity index (χ3n) is 6.52. The monoisotopic (exact) mass is 522 g/mol. The maximum absolute atomic E-state index is 14.7. The lowest BCUT2D eigenvalue weighted by Gasteiger charge is -2.27. The Bertz CT molecular complexity index is 1370. The molecule has 1 atom stereocenters. The van der Waals surface area contributed by atoms with Gasteiger partial charge in [-0.05, 0) is 65.9 Å². The lowest BCUT2D eigenvalue weighted by molar-refractivity contribution is 0.199. The minimum Gasteiger partial charge on any atom is -0.383 e. The fraction of sp³-hybridized carbons (Fsp3) is 0.241. The molecule has 2 N–H and O–H groups in total. The fourth-order valence-electron chi connectivity index (χ4n) is 4.73. The Morgan fingerprint density at radius 3 is 2.54 bits per heavy atom. The number of nitrogens with one attached hydrogen (secondary N) is 2. The number of fused-ring (bicyclic) bond motifs is 3. The molecular formula is C29H29ClF2N4O. The molecule has 3 aromatic carbocycles. The van der Waals surface area contributed by atoms with Crippen LogP contribution in [-0.4, -0.2) is 36.8 Å². The smallest absolute Gasteiger partial charge is 0.227 e. The lowest BCUT2D eigenvalue weighted by Crippen LogP contribution is -2.22. The quantitative estimate of drug-likeness (QED) is 0.262. The SMILES string of the molecule is COCCNCCc1cc(Nc2ncc3c(n2)-c2ccccc2[C@H](c2ccccc2F)C3)ccc1F.Cl. The first-order chi connectivity index (χ1) is 17.6. The largest absolute Gasteiger partial charge is 0.383 e. The summed E-state index contributed by atoms with van der Waals surface area (Å²) in [5.41, 5.74) is 5.82. The summed E-state index contributed by atoms with van der Waals surface area (Å²) >= 11 is 0. The van der Waals surface area contributed by atoms with Gasteiger partial charge in [-0.1, -0.05) is 42.5 Å². The van der Waals surface area contributed by atoms with Gasteiger partial charge < -0.3 is 15.4 Å². The normalized spacial score (nSPS) is 13.9. The highest BCUT2D eigenvalue weighted by Gasteiger charge is 2.29. The average Bonchev–Trinajstić information content (AvgIpc) is 2.90. The molecule has 0 aliphatic heterocycles. The molecule has 5 rings (SSSR count). The van der Waals surface area contributed by atoms with Gasteiger partial charge in [-0.25, -0.2) is 18.7 Å². The molecule has 8 heteroatoms. The van der Waals surface area contributed by atoms with E-state index >= 15 is 0 Å². The molecule has 0 amide bonds. The molecular weight excluding hydrogens is 494 g/mol. The first-order valence-corrected chi connectivity index (χ1v) is 12.1. The molecule has 0 saturated heterocycles. The Morgan fingerprint density at radius 1 is 0.946 bits per heavy atom. The first-order valence-electron chi connectivity index (χ1n) is 12.1. The number of methoxy groups -OCH3 is 1. The zero-order chi connectivity index (χ0) is 24.9. The van der Waals surface area contributed by atoms with Crippen molar-refractivity contribution in [2.24, 2.45) is 0 Å². The minimum absolute atomic E-state index is 0. The summed E-state index contributed by atoms with van der Waals surface area (Å²) < 4.78 is 34.0. The fourth-order valence-corrected chi connectivity index (χ4v) is 4.73. The van der Waals surface area contributed by atoms with Crippen LogP contribution < -0.4 is 10.6 Å². The molecule has 4 aromatic rings. The summed E-state index contributed by atoms with van der Waals surface area (Å²) in [4.78, 5) is 9.34. The third kappa shape index (κ3) is 5.96. The number of ether oxygens (including phenoxy) is 1. The summed E-state index contributed by atoms with van der Waals surface area (Å²) in [7, 11) is 1.65. The van der Waals surface area contributed by atoms with Gasteiger partial charge in [0.05, 0.1) is 12.3 Å². The maximum atomic E-state index is 14.7. The van der Waals surface area contributed by atoms with E-state index in [1.165, 1.54) is 12.1 Å². The Hall–Kier alpha value is -3.39. The van der Waals surface area contributed by atoms with Crippen molar-refractivity contribution in [1.82, 2.24) is 15.3 Å². The highest BCUT2D eigenvalue weighted by Crippen LogP contribution is 2.42. The Morgan fingerprint density at radius 2 is 1.73 bits per heavy atom. The van der Waals surface area contributed by atoms with Crippen molar-refractivity contribution in [3.05, 3.63) is 107 Å². The average molecular weight is 523 g/mol. The summed E-state index contributed by atoms with van der Waals surface area (Å²) in [6.45, 7) is 1.99. The van der Waals surface area contributed by atoms with Gasteiger partial charge in [-0.15, -0.1) is 12.4 Å². The van der Waals surface area contributed by atoms with Gasteiger partial charge >= 0.3 is 0 Å². The van der Waals surface area contributed by atoms with E-state index in [0.29, 0.717) is 43.1 Å². The molecule has 0 fully saturated rings. The zero-order valence-corrected chi connectivity index (χ0v) is 21.3. The van der Waals surface area contributed by atoms with E-state index in [9.17, 15) is 8.78 Å². The van der Waals surface area contributed by atoms with Crippen LogP contribution >= 0.6 is 12.4 Å². The molecule has 1 aliphatic rings. The van der Waals surface area contributed by atoms with E-state index in [1.54, 1.807) is 31.5 Å². The van der Waals surface area contributed by atoms with E-state index in [2.05, 4.69) is 15.6 Å². The van der Waals surface area contributed by atoms with E-state index in [-0.39, 0.29) is 30.0 Å². The predicted molar refractivity (Wildman–Crippen MR) is 145 cm³/mol. The molecule has 0 saturated carbocycles. The Kier molecular flexibility index (Phi) is 8.82. The van der Waals surface area contributed by atoms with Gasteiger partial charge in [0.25, 0.3) is 0 Å². The number of hydrogen-bond donors (Lipinski definition) is 2. The summed E-state index contributed by atoms with van der Waals surface area (Å²) in [6.07, 6.45) is 2.98. The number of rotatable bonds is 9. The molecule has 0 unspecified atom stereocenters.